The third kappa shape index (κ3) is 3.54. The summed E-state index contributed by atoms with van der Waals surface area (Å²) in [5, 5.41) is 3.48. The molecule has 0 amide bonds. The van der Waals surface area contributed by atoms with E-state index in [1.54, 1.807) is 0 Å². The molecule has 0 saturated carbocycles. The molecule has 0 unspecified atom stereocenters. The van der Waals surface area contributed by atoms with Crippen molar-refractivity contribution in [3.05, 3.63) is 57.6 Å². The van der Waals surface area contributed by atoms with E-state index in [1.165, 1.54) is 22.4 Å². The molecule has 2 aromatic carbocycles. The van der Waals surface area contributed by atoms with Crippen LogP contribution in [-0.4, -0.2) is 14.1 Å². The van der Waals surface area contributed by atoms with Crippen molar-refractivity contribution < 1.29 is 0 Å². The van der Waals surface area contributed by atoms with Crippen molar-refractivity contribution >= 4 is 27.3 Å². The highest BCUT2D eigenvalue weighted by Crippen LogP contribution is 2.23. The predicted octanol–water partition coefficient (Wildman–Crippen LogP) is 4.74. The van der Waals surface area contributed by atoms with Gasteiger partial charge in [0.2, 0.25) is 0 Å². The summed E-state index contributed by atoms with van der Waals surface area (Å²) >= 11 is 3.58. The summed E-state index contributed by atoms with van der Waals surface area (Å²) in [7, 11) is 4.15. The molecule has 0 aromatic heterocycles. The first-order valence-corrected chi connectivity index (χ1v) is 7.53. The molecule has 0 saturated heterocycles. The van der Waals surface area contributed by atoms with Crippen molar-refractivity contribution in [2.24, 2.45) is 0 Å². The van der Waals surface area contributed by atoms with Crippen molar-refractivity contribution in [1.29, 1.82) is 0 Å². The first-order chi connectivity index (χ1) is 9.47. The number of halogens is 1. The number of nitrogens with one attached hydrogen (secondary N) is 1. The van der Waals surface area contributed by atoms with Crippen LogP contribution in [0.4, 0.5) is 11.4 Å². The summed E-state index contributed by atoms with van der Waals surface area (Å²) in [6.07, 6.45) is 0. The van der Waals surface area contributed by atoms with Crippen LogP contribution in [0, 0.1) is 13.8 Å². The van der Waals surface area contributed by atoms with E-state index >= 15 is 0 Å². The molecule has 0 radical (unpaired) electrons. The molecule has 0 aliphatic rings. The van der Waals surface area contributed by atoms with Gasteiger partial charge in [0.25, 0.3) is 0 Å². The first-order valence-electron chi connectivity index (χ1n) is 6.74. The first kappa shape index (κ1) is 14.9. The lowest BCUT2D eigenvalue weighted by Gasteiger charge is -2.17. The molecule has 0 fully saturated rings. The fraction of sp³-hybridized carbons (Fsp3) is 0.294. The standard InChI is InChI=1S/C17H21BrN2/c1-12-5-7-14(9-16(12)18)11-19-15-8-6-13(2)17(10-15)20(3)4/h5-10,19H,11H2,1-4H3. The summed E-state index contributed by atoms with van der Waals surface area (Å²) in [4.78, 5) is 2.14. The van der Waals surface area contributed by atoms with Gasteiger partial charge >= 0.3 is 0 Å². The topological polar surface area (TPSA) is 15.3 Å². The Bertz CT molecular complexity index is 606. The number of benzene rings is 2. The van der Waals surface area contributed by atoms with E-state index < -0.39 is 0 Å². The lowest BCUT2D eigenvalue weighted by atomic mass is 10.1. The number of aryl methyl sites for hydroxylation is 2. The van der Waals surface area contributed by atoms with Gasteiger partial charge in [-0.15, -0.1) is 0 Å². The maximum atomic E-state index is 3.58. The molecule has 0 aliphatic heterocycles. The van der Waals surface area contributed by atoms with Gasteiger partial charge in [-0.05, 0) is 48.7 Å². The van der Waals surface area contributed by atoms with Crippen LogP contribution in [0.5, 0.6) is 0 Å². The van der Waals surface area contributed by atoms with E-state index in [0.717, 1.165) is 16.7 Å². The van der Waals surface area contributed by atoms with E-state index in [-0.39, 0.29) is 0 Å². The molecule has 20 heavy (non-hydrogen) atoms. The van der Waals surface area contributed by atoms with E-state index in [1.807, 2.05) is 0 Å². The second-order valence-corrected chi connectivity index (χ2v) is 6.19. The number of rotatable bonds is 4. The second-order valence-electron chi connectivity index (χ2n) is 5.33. The third-order valence-corrected chi connectivity index (χ3v) is 4.28. The summed E-state index contributed by atoms with van der Waals surface area (Å²) in [6.45, 7) is 5.07. The zero-order valence-electron chi connectivity index (χ0n) is 12.5. The predicted molar refractivity (Wildman–Crippen MR) is 91.7 cm³/mol. The fourth-order valence-electron chi connectivity index (χ4n) is 2.15. The quantitative estimate of drug-likeness (QED) is 0.869. The van der Waals surface area contributed by atoms with Crippen LogP contribution in [0.3, 0.4) is 0 Å². The van der Waals surface area contributed by atoms with E-state index in [0.29, 0.717) is 0 Å². The fourth-order valence-corrected chi connectivity index (χ4v) is 2.58. The average molecular weight is 333 g/mol. The highest BCUT2D eigenvalue weighted by Gasteiger charge is 2.03. The molecule has 106 valence electrons. The minimum Gasteiger partial charge on any atom is -0.381 e. The molecular weight excluding hydrogens is 312 g/mol. The zero-order valence-corrected chi connectivity index (χ0v) is 14.1. The molecule has 0 heterocycles. The van der Waals surface area contributed by atoms with Gasteiger partial charge in [-0.1, -0.05) is 34.1 Å². The molecule has 2 rings (SSSR count). The Morgan fingerprint density at radius 2 is 1.70 bits per heavy atom. The van der Waals surface area contributed by atoms with E-state index in [9.17, 15) is 0 Å². The molecule has 2 nitrogen and oxygen atoms in total. The van der Waals surface area contributed by atoms with Gasteiger partial charge < -0.3 is 10.2 Å². The average Bonchev–Trinajstić information content (AvgIpc) is 2.41. The monoisotopic (exact) mass is 332 g/mol. The third-order valence-electron chi connectivity index (χ3n) is 3.42. The summed E-state index contributed by atoms with van der Waals surface area (Å²) in [5.41, 5.74) is 6.23. The van der Waals surface area contributed by atoms with Crippen LogP contribution in [0.1, 0.15) is 16.7 Å². The van der Waals surface area contributed by atoms with Gasteiger partial charge in [0.1, 0.15) is 0 Å². The van der Waals surface area contributed by atoms with Crippen LogP contribution in [-0.2, 0) is 6.54 Å². The van der Waals surface area contributed by atoms with E-state index in [4.69, 9.17) is 0 Å². The molecule has 1 N–H and O–H groups in total. The number of hydrogen-bond acceptors (Lipinski definition) is 2. The Balaban J connectivity index is 2.10. The van der Waals surface area contributed by atoms with Crippen LogP contribution in [0.2, 0.25) is 0 Å². The van der Waals surface area contributed by atoms with Crippen LogP contribution >= 0.6 is 15.9 Å². The highest BCUT2D eigenvalue weighted by molar-refractivity contribution is 9.10. The number of anilines is 2. The van der Waals surface area contributed by atoms with Crippen molar-refractivity contribution in [2.45, 2.75) is 20.4 Å². The number of hydrogen-bond donors (Lipinski definition) is 1. The van der Waals surface area contributed by atoms with Gasteiger partial charge in [-0.3, -0.25) is 0 Å². The smallest absolute Gasteiger partial charge is 0.0411 e. The lowest BCUT2D eigenvalue weighted by Crippen LogP contribution is -2.11. The Hall–Kier alpha value is -1.48. The molecule has 3 heteroatoms. The van der Waals surface area contributed by atoms with Gasteiger partial charge in [-0.25, -0.2) is 0 Å². The number of nitrogens with zero attached hydrogens (tertiary/aromatic N) is 1. The van der Waals surface area contributed by atoms with E-state index in [2.05, 4.69) is 90.5 Å². The summed E-state index contributed by atoms with van der Waals surface area (Å²) < 4.78 is 1.16. The lowest BCUT2D eigenvalue weighted by molar-refractivity contribution is 1.10. The Morgan fingerprint density at radius 1 is 1.00 bits per heavy atom. The normalized spacial score (nSPS) is 10.4. The van der Waals surface area contributed by atoms with Crippen molar-refractivity contribution in [2.75, 3.05) is 24.3 Å². The molecule has 0 aliphatic carbocycles. The Kier molecular flexibility index (Phi) is 4.71. The van der Waals surface area contributed by atoms with Crippen LogP contribution in [0.15, 0.2) is 40.9 Å². The molecule has 0 atom stereocenters. The molecule has 2 aromatic rings. The Labute approximate surface area is 129 Å². The highest BCUT2D eigenvalue weighted by atomic mass is 79.9. The minimum atomic E-state index is 0.828. The van der Waals surface area contributed by atoms with Gasteiger partial charge in [-0.2, -0.15) is 0 Å². The molecule has 0 spiro atoms. The minimum absolute atomic E-state index is 0.828. The van der Waals surface area contributed by atoms with Gasteiger partial charge in [0.05, 0.1) is 0 Å². The van der Waals surface area contributed by atoms with Crippen LogP contribution < -0.4 is 10.2 Å². The summed E-state index contributed by atoms with van der Waals surface area (Å²) in [6, 6.07) is 13.0. The largest absolute Gasteiger partial charge is 0.381 e. The Morgan fingerprint density at radius 3 is 2.35 bits per heavy atom. The van der Waals surface area contributed by atoms with Crippen molar-refractivity contribution in [1.82, 2.24) is 0 Å². The second kappa shape index (κ2) is 6.31. The van der Waals surface area contributed by atoms with Crippen molar-refractivity contribution in [3.63, 3.8) is 0 Å². The van der Waals surface area contributed by atoms with Gasteiger partial charge in [0, 0.05) is 36.5 Å². The van der Waals surface area contributed by atoms with Gasteiger partial charge in [0.15, 0.2) is 0 Å². The SMILES string of the molecule is Cc1ccc(CNc2ccc(C)c(N(C)C)c2)cc1Br. The molecule has 0 bridgehead atoms. The summed E-state index contributed by atoms with van der Waals surface area (Å²) in [5.74, 6) is 0. The molecular formula is C17H21BrN2. The maximum absolute atomic E-state index is 3.58. The maximum Gasteiger partial charge on any atom is 0.0411 e. The van der Waals surface area contributed by atoms with Crippen LogP contribution in [0.25, 0.3) is 0 Å². The zero-order chi connectivity index (χ0) is 14.7. The van der Waals surface area contributed by atoms with Crippen molar-refractivity contribution in [3.8, 4) is 0 Å².